The van der Waals surface area contributed by atoms with Crippen LogP contribution >= 0.6 is 0 Å². The van der Waals surface area contributed by atoms with E-state index < -0.39 is 0 Å². The summed E-state index contributed by atoms with van der Waals surface area (Å²) in [5.74, 6) is 0. The molecule has 0 heterocycles. The maximum absolute atomic E-state index is 4.25. The molecule has 0 radical (unpaired) electrons. The van der Waals surface area contributed by atoms with E-state index in [4.69, 9.17) is 0 Å². The lowest BCUT2D eigenvalue weighted by Gasteiger charge is -2.15. The Bertz CT molecular complexity index is 199. The van der Waals surface area contributed by atoms with Crippen LogP contribution < -0.4 is 0 Å². The maximum Gasteiger partial charge on any atom is 0.0431 e. The molecule has 0 saturated heterocycles. The van der Waals surface area contributed by atoms with E-state index in [-0.39, 0.29) is 0 Å². The molecule has 0 unspecified atom stereocenters. The molecule has 0 bridgehead atoms. The smallest absolute Gasteiger partial charge is 0.0431 e. The highest BCUT2D eigenvalue weighted by Gasteiger charge is 2.10. The molecule has 0 aromatic carbocycles. The largest absolute Gasteiger partial charge is 0.262 e. The summed E-state index contributed by atoms with van der Waals surface area (Å²) in [4.78, 5) is 4.25. The van der Waals surface area contributed by atoms with E-state index in [0.717, 1.165) is 6.42 Å². The van der Waals surface area contributed by atoms with Crippen LogP contribution in [0.4, 0.5) is 0 Å². The number of nitrogens with zero attached hydrogens (tertiary/aromatic N) is 1. The molecule has 1 saturated carbocycles. The Kier molecular flexibility index (Phi) is 7.27. The third kappa shape index (κ3) is 4.07. The van der Waals surface area contributed by atoms with E-state index in [1.54, 1.807) is 6.20 Å². The quantitative estimate of drug-likeness (QED) is 0.574. The number of allylic oxidation sites excluding steroid dienone is 2. The molecule has 1 rings (SSSR count). The van der Waals surface area contributed by atoms with Crippen LogP contribution in [0.5, 0.6) is 0 Å². The molecule has 0 spiro atoms. The molecule has 0 amide bonds. The van der Waals surface area contributed by atoms with Crippen LogP contribution in [0.15, 0.2) is 29.4 Å². The average molecular weight is 179 g/mol. The highest BCUT2D eigenvalue weighted by Crippen LogP contribution is 2.20. The van der Waals surface area contributed by atoms with Gasteiger partial charge in [-0.1, -0.05) is 26.5 Å². The topological polar surface area (TPSA) is 12.4 Å². The molecule has 1 nitrogen and oxygen atoms in total. The van der Waals surface area contributed by atoms with Gasteiger partial charge in [0, 0.05) is 11.9 Å². The number of hydrogen-bond donors (Lipinski definition) is 0. The number of rotatable bonds is 1. The van der Waals surface area contributed by atoms with Crippen LogP contribution in [0, 0.1) is 0 Å². The predicted octanol–water partition coefficient (Wildman–Crippen LogP) is 4.12. The lowest BCUT2D eigenvalue weighted by atomic mass is 9.93. The Labute approximate surface area is 82.3 Å². The van der Waals surface area contributed by atoms with Gasteiger partial charge in [-0.2, -0.15) is 0 Å². The van der Waals surface area contributed by atoms with E-state index in [1.165, 1.54) is 30.5 Å². The van der Waals surface area contributed by atoms with Crippen LogP contribution in [0.2, 0.25) is 0 Å². The molecule has 0 aliphatic heterocycles. The van der Waals surface area contributed by atoms with Gasteiger partial charge in [-0.25, -0.2) is 0 Å². The summed E-state index contributed by atoms with van der Waals surface area (Å²) in [5.41, 5.74) is 2.66. The lowest BCUT2D eigenvalue weighted by molar-refractivity contribution is 0.732. The minimum absolute atomic E-state index is 1.13. The maximum atomic E-state index is 4.25. The predicted molar refractivity (Wildman–Crippen MR) is 61.2 cm³/mol. The lowest BCUT2D eigenvalue weighted by Crippen LogP contribution is -2.08. The molecule has 0 aromatic heterocycles. The Morgan fingerprint density at radius 3 is 2.38 bits per heavy atom. The molecular weight excluding hydrogens is 158 g/mol. The van der Waals surface area contributed by atoms with Crippen molar-refractivity contribution in [1.29, 1.82) is 0 Å². The third-order valence-corrected chi connectivity index (χ3v) is 2.08. The van der Waals surface area contributed by atoms with Crippen molar-refractivity contribution >= 4 is 5.71 Å². The van der Waals surface area contributed by atoms with Crippen molar-refractivity contribution in [2.24, 2.45) is 4.99 Å². The first-order chi connectivity index (χ1) is 6.38. The molecule has 1 aliphatic rings. The summed E-state index contributed by atoms with van der Waals surface area (Å²) in [5, 5.41) is 0. The Morgan fingerprint density at radius 2 is 1.85 bits per heavy atom. The molecule has 0 atom stereocenters. The van der Waals surface area contributed by atoms with E-state index in [2.05, 4.69) is 24.6 Å². The Hall–Kier alpha value is -0.850. The van der Waals surface area contributed by atoms with Gasteiger partial charge in [0.25, 0.3) is 0 Å². The van der Waals surface area contributed by atoms with Crippen LogP contribution in [0.25, 0.3) is 0 Å². The average Bonchev–Trinajstić information content (AvgIpc) is 2.22. The van der Waals surface area contributed by atoms with E-state index in [1.807, 2.05) is 13.8 Å². The molecule has 13 heavy (non-hydrogen) atoms. The fourth-order valence-electron chi connectivity index (χ4n) is 1.48. The third-order valence-electron chi connectivity index (χ3n) is 2.08. The van der Waals surface area contributed by atoms with Crippen LogP contribution in [-0.2, 0) is 0 Å². The monoisotopic (exact) mass is 179 g/mol. The minimum Gasteiger partial charge on any atom is -0.262 e. The highest BCUT2D eigenvalue weighted by atomic mass is 14.7. The van der Waals surface area contributed by atoms with Crippen molar-refractivity contribution < 1.29 is 0 Å². The van der Waals surface area contributed by atoms with Crippen molar-refractivity contribution in [3.63, 3.8) is 0 Å². The summed E-state index contributed by atoms with van der Waals surface area (Å²) < 4.78 is 0. The highest BCUT2D eigenvalue weighted by molar-refractivity contribution is 6.00. The SMILES string of the molecule is C=CN=C1CCCC/C1=C/C.CC. The molecular formula is C12H21N. The Balaban J connectivity index is 0.000000671. The van der Waals surface area contributed by atoms with Gasteiger partial charge in [-0.05, 0) is 38.2 Å². The van der Waals surface area contributed by atoms with Gasteiger partial charge in [0.05, 0.1) is 0 Å². The fraction of sp³-hybridized carbons (Fsp3) is 0.583. The number of aliphatic imine (C=N–C) groups is 1. The zero-order valence-electron chi connectivity index (χ0n) is 9.14. The zero-order chi connectivity index (χ0) is 10.1. The van der Waals surface area contributed by atoms with Gasteiger partial charge in [-0.3, -0.25) is 4.99 Å². The molecule has 1 heteroatoms. The van der Waals surface area contributed by atoms with Crippen molar-refractivity contribution in [3.05, 3.63) is 24.4 Å². The summed E-state index contributed by atoms with van der Waals surface area (Å²) in [6.45, 7) is 9.69. The van der Waals surface area contributed by atoms with Crippen LogP contribution in [-0.4, -0.2) is 5.71 Å². The second-order valence-corrected chi connectivity index (χ2v) is 2.78. The number of hydrogen-bond acceptors (Lipinski definition) is 1. The van der Waals surface area contributed by atoms with Crippen molar-refractivity contribution in [2.75, 3.05) is 0 Å². The fourth-order valence-corrected chi connectivity index (χ4v) is 1.48. The summed E-state index contributed by atoms with van der Waals surface area (Å²) >= 11 is 0. The van der Waals surface area contributed by atoms with Gasteiger partial charge in [0.15, 0.2) is 0 Å². The van der Waals surface area contributed by atoms with Crippen molar-refractivity contribution in [1.82, 2.24) is 0 Å². The first-order valence-electron chi connectivity index (χ1n) is 5.21. The minimum atomic E-state index is 1.13. The van der Waals surface area contributed by atoms with Gasteiger partial charge in [-0.15, -0.1) is 0 Å². The molecule has 0 aromatic rings. The van der Waals surface area contributed by atoms with E-state index >= 15 is 0 Å². The first-order valence-corrected chi connectivity index (χ1v) is 5.21. The normalized spacial score (nSPS) is 22.4. The first kappa shape index (κ1) is 12.2. The summed E-state index contributed by atoms with van der Waals surface area (Å²) in [6, 6.07) is 0. The summed E-state index contributed by atoms with van der Waals surface area (Å²) in [6.07, 6.45) is 8.74. The summed E-state index contributed by atoms with van der Waals surface area (Å²) in [7, 11) is 0. The van der Waals surface area contributed by atoms with Gasteiger partial charge >= 0.3 is 0 Å². The molecule has 0 N–H and O–H groups in total. The van der Waals surface area contributed by atoms with Crippen LogP contribution in [0.3, 0.4) is 0 Å². The second-order valence-electron chi connectivity index (χ2n) is 2.78. The molecule has 74 valence electrons. The van der Waals surface area contributed by atoms with Crippen molar-refractivity contribution in [2.45, 2.75) is 46.5 Å². The van der Waals surface area contributed by atoms with E-state index in [9.17, 15) is 0 Å². The van der Waals surface area contributed by atoms with Gasteiger partial charge in [0.2, 0.25) is 0 Å². The molecule has 1 aliphatic carbocycles. The van der Waals surface area contributed by atoms with E-state index in [0.29, 0.717) is 0 Å². The standard InChI is InChI=1S/C10H15N.C2H6/c1-3-9-7-5-6-8-10(9)11-4-2;1-2/h3-4H,2,5-8H2,1H3;1-2H3/b9-3-,11-10?;. The van der Waals surface area contributed by atoms with Gasteiger partial charge in [0.1, 0.15) is 0 Å². The van der Waals surface area contributed by atoms with Crippen LogP contribution in [0.1, 0.15) is 46.5 Å². The molecule has 1 fully saturated rings. The van der Waals surface area contributed by atoms with Crippen molar-refractivity contribution in [3.8, 4) is 0 Å². The zero-order valence-corrected chi connectivity index (χ0v) is 9.14. The second kappa shape index (κ2) is 7.78. The van der Waals surface area contributed by atoms with Gasteiger partial charge < -0.3 is 0 Å². The Morgan fingerprint density at radius 1 is 1.23 bits per heavy atom.